The number of amides is 1. The van der Waals surface area contributed by atoms with Crippen LogP contribution in [0.2, 0.25) is 0 Å². The van der Waals surface area contributed by atoms with Crippen molar-refractivity contribution in [1.82, 2.24) is 9.88 Å². The third-order valence-electron chi connectivity index (χ3n) is 4.49. The van der Waals surface area contributed by atoms with Crippen LogP contribution in [-0.4, -0.2) is 29.1 Å². The van der Waals surface area contributed by atoms with Gasteiger partial charge >= 0.3 is 5.97 Å². The molecule has 0 spiro atoms. The molecule has 0 aliphatic heterocycles. The first-order chi connectivity index (χ1) is 11.9. The van der Waals surface area contributed by atoms with Crippen LogP contribution in [0.4, 0.5) is 0 Å². The Morgan fingerprint density at radius 1 is 1.28 bits per heavy atom. The van der Waals surface area contributed by atoms with Crippen LogP contribution in [0.5, 0.6) is 0 Å². The summed E-state index contributed by atoms with van der Waals surface area (Å²) >= 11 is 0. The molecule has 6 heteroatoms. The fourth-order valence-corrected chi connectivity index (χ4v) is 2.97. The highest BCUT2D eigenvalue weighted by Gasteiger charge is 2.24. The maximum atomic E-state index is 12.4. The Labute approximate surface area is 148 Å². The number of imidazole rings is 1. The maximum absolute atomic E-state index is 12.4. The lowest BCUT2D eigenvalue weighted by Crippen LogP contribution is -2.37. The molecule has 6 nitrogen and oxygen atoms in total. The maximum Gasteiger partial charge on any atom is 0.338 e. The third kappa shape index (κ3) is 4.00. The number of carbonyl (C=O) groups excluding carboxylic acids is 2. The van der Waals surface area contributed by atoms with Gasteiger partial charge in [0.1, 0.15) is 0 Å². The molecule has 1 aromatic heterocycles. The van der Waals surface area contributed by atoms with Gasteiger partial charge in [0.15, 0.2) is 17.6 Å². The van der Waals surface area contributed by atoms with Gasteiger partial charge in [-0.3, -0.25) is 4.79 Å². The number of esters is 1. The van der Waals surface area contributed by atoms with E-state index >= 15 is 0 Å². The number of carbonyl (C=O) groups is 2. The molecule has 0 bridgehead atoms. The van der Waals surface area contributed by atoms with Gasteiger partial charge in [-0.2, -0.15) is 0 Å². The van der Waals surface area contributed by atoms with Gasteiger partial charge in [-0.1, -0.05) is 6.92 Å². The highest BCUT2D eigenvalue weighted by Crippen LogP contribution is 2.17. The quantitative estimate of drug-likeness (QED) is 0.618. The van der Waals surface area contributed by atoms with Crippen molar-refractivity contribution < 1.29 is 18.9 Å². The summed E-state index contributed by atoms with van der Waals surface area (Å²) in [5.74, 6) is 0.610. The lowest BCUT2D eigenvalue weighted by molar-refractivity contribution is -0.674. The second-order valence-corrected chi connectivity index (χ2v) is 6.18. The van der Waals surface area contributed by atoms with Crippen LogP contribution in [-0.2, 0) is 22.6 Å². The van der Waals surface area contributed by atoms with E-state index in [1.807, 2.05) is 37.5 Å². The molecule has 0 unspecified atom stereocenters. The Kier molecular flexibility index (Phi) is 6.17. The number of rotatable bonds is 7. The van der Waals surface area contributed by atoms with Crippen molar-refractivity contribution in [1.29, 1.82) is 0 Å². The van der Waals surface area contributed by atoms with Gasteiger partial charge in [0.25, 0.3) is 11.7 Å². The van der Waals surface area contributed by atoms with Gasteiger partial charge in [0.2, 0.25) is 0 Å². The first-order valence-electron chi connectivity index (χ1n) is 8.92. The molecular formula is C19H28N3O3+. The molecule has 1 aromatic carbocycles. The van der Waals surface area contributed by atoms with Gasteiger partial charge in [0, 0.05) is 19.0 Å². The zero-order valence-corrected chi connectivity index (χ0v) is 15.8. The van der Waals surface area contributed by atoms with Crippen LogP contribution < -0.4 is 9.88 Å². The van der Waals surface area contributed by atoms with Gasteiger partial charge in [-0.15, -0.1) is 0 Å². The fourth-order valence-electron chi connectivity index (χ4n) is 2.97. The van der Waals surface area contributed by atoms with E-state index in [-0.39, 0.29) is 24.5 Å². The van der Waals surface area contributed by atoms with Gasteiger partial charge in [-0.05, 0) is 39.3 Å². The first-order valence-corrected chi connectivity index (χ1v) is 8.92. The van der Waals surface area contributed by atoms with Gasteiger partial charge < -0.3 is 10.1 Å². The Hall–Kier alpha value is -2.37. The molecule has 0 saturated heterocycles. The summed E-state index contributed by atoms with van der Waals surface area (Å²) in [6.45, 7) is 11.2. The summed E-state index contributed by atoms with van der Waals surface area (Å²) in [6.07, 6.45) is 0.888. The molecule has 0 aliphatic rings. The zero-order chi connectivity index (χ0) is 18.6. The molecule has 1 N–H and O–H groups in total. The van der Waals surface area contributed by atoms with Crippen LogP contribution in [0.25, 0.3) is 11.0 Å². The normalized spacial score (nSPS) is 12.2. The topological polar surface area (TPSA) is 64.2 Å². The molecule has 25 heavy (non-hydrogen) atoms. The van der Waals surface area contributed by atoms with Crippen molar-refractivity contribution in [2.24, 2.45) is 0 Å². The lowest BCUT2D eigenvalue weighted by Gasteiger charge is -2.10. The number of aryl methyl sites for hydroxylation is 1. The SMILES string of the molecule is CCOC(=O)c1ccc2c(c1)n(CC(=O)N[C@@H](C)CC)c(C)[n+]2CC. The van der Waals surface area contributed by atoms with Crippen molar-refractivity contribution in [2.75, 3.05) is 6.61 Å². The monoisotopic (exact) mass is 346 g/mol. The Morgan fingerprint density at radius 3 is 2.60 bits per heavy atom. The number of hydrogen-bond acceptors (Lipinski definition) is 3. The highest BCUT2D eigenvalue weighted by atomic mass is 16.5. The minimum atomic E-state index is -0.345. The Morgan fingerprint density at radius 2 is 2.00 bits per heavy atom. The van der Waals surface area contributed by atoms with Crippen molar-refractivity contribution in [2.45, 2.75) is 60.2 Å². The average Bonchev–Trinajstić information content (AvgIpc) is 2.85. The second kappa shape index (κ2) is 8.14. The van der Waals surface area contributed by atoms with Crippen LogP contribution in [0, 0.1) is 6.92 Å². The van der Waals surface area contributed by atoms with E-state index in [0.29, 0.717) is 12.2 Å². The fraction of sp³-hybridized carbons (Fsp3) is 0.526. The average molecular weight is 346 g/mol. The van der Waals surface area contributed by atoms with E-state index in [9.17, 15) is 9.59 Å². The van der Waals surface area contributed by atoms with Crippen molar-refractivity contribution in [3.05, 3.63) is 29.6 Å². The number of benzene rings is 1. The van der Waals surface area contributed by atoms with Crippen LogP contribution in [0.3, 0.4) is 0 Å². The van der Waals surface area contributed by atoms with Crippen LogP contribution in [0.1, 0.15) is 50.3 Å². The molecule has 0 fully saturated rings. The van der Waals surface area contributed by atoms with Gasteiger partial charge in [0.05, 0.1) is 18.7 Å². The van der Waals surface area contributed by atoms with Crippen LogP contribution >= 0.6 is 0 Å². The molecule has 0 aliphatic carbocycles. The van der Waals surface area contributed by atoms with Crippen molar-refractivity contribution in [3.8, 4) is 0 Å². The summed E-state index contributed by atoms with van der Waals surface area (Å²) in [5, 5.41) is 2.99. The number of aromatic nitrogens is 2. The summed E-state index contributed by atoms with van der Waals surface area (Å²) < 4.78 is 9.19. The largest absolute Gasteiger partial charge is 0.462 e. The molecule has 2 rings (SSSR count). The van der Waals surface area contributed by atoms with E-state index in [1.165, 1.54) is 0 Å². The van der Waals surface area contributed by atoms with E-state index in [2.05, 4.69) is 16.8 Å². The smallest absolute Gasteiger partial charge is 0.338 e. The minimum absolute atomic E-state index is 0.0286. The minimum Gasteiger partial charge on any atom is -0.462 e. The summed E-state index contributed by atoms with van der Waals surface area (Å²) in [5.41, 5.74) is 2.37. The lowest BCUT2D eigenvalue weighted by atomic mass is 10.2. The molecule has 0 radical (unpaired) electrons. The molecule has 1 amide bonds. The zero-order valence-electron chi connectivity index (χ0n) is 15.8. The number of nitrogens with zero attached hydrogens (tertiary/aromatic N) is 2. The van der Waals surface area contributed by atoms with Crippen molar-refractivity contribution >= 4 is 22.9 Å². The second-order valence-electron chi connectivity index (χ2n) is 6.18. The number of fused-ring (bicyclic) bond motifs is 1. The molecule has 0 saturated carbocycles. The number of ether oxygens (including phenoxy) is 1. The molecule has 1 heterocycles. The third-order valence-corrected chi connectivity index (χ3v) is 4.49. The van der Waals surface area contributed by atoms with E-state index < -0.39 is 0 Å². The molecular weight excluding hydrogens is 318 g/mol. The standard InChI is InChI=1S/C19H27N3O3/c1-6-13(4)20-18(23)12-22-14(5)21(7-2)16-10-9-15(11-17(16)22)19(24)25-8-3/h9-11,13H,6-8,12H2,1-5H3/p+1/t13-/m0/s1. The summed E-state index contributed by atoms with van der Waals surface area (Å²) in [6, 6.07) is 5.64. The molecule has 1 atom stereocenters. The molecule has 136 valence electrons. The number of nitrogens with one attached hydrogen (secondary N) is 1. The van der Waals surface area contributed by atoms with Crippen molar-refractivity contribution in [3.63, 3.8) is 0 Å². The van der Waals surface area contributed by atoms with E-state index in [0.717, 1.165) is 29.8 Å². The molecule has 2 aromatic rings. The predicted octanol–water partition coefficient (Wildman–Crippen LogP) is 2.35. The summed E-state index contributed by atoms with van der Waals surface area (Å²) in [4.78, 5) is 24.4. The summed E-state index contributed by atoms with van der Waals surface area (Å²) in [7, 11) is 0. The highest BCUT2D eigenvalue weighted by molar-refractivity contribution is 5.93. The number of hydrogen-bond donors (Lipinski definition) is 1. The first kappa shape index (κ1) is 19.0. The van der Waals surface area contributed by atoms with E-state index in [1.54, 1.807) is 13.0 Å². The Bertz CT molecular complexity index is 780. The van der Waals surface area contributed by atoms with Gasteiger partial charge in [-0.25, -0.2) is 13.9 Å². The van der Waals surface area contributed by atoms with E-state index in [4.69, 9.17) is 4.74 Å². The van der Waals surface area contributed by atoms with Crippen LogP contribution in [0.15, 0.2) is 18.2 Å². The Balaban J connectivity index is 2.46. The predicted molar refractivity (Wildman–Crippen MR) is 96.4 cm³/mol.